The molecular formula is C16H20N2O2S. The van der Waals surface area contributed by atoms with E-state index in [0.29, 0.717) is 19.8 Å². The second-order valence-electron chi connectivity index (χ2n) is 5.33. The van der Waals surface area contributed by atoms with Crippen molar-refractivity contribution in [3.8, 4) is 6.07 Å². The van der Waals surface area contributed by atoms with Crippen LogP contribution in [0.5, 0.6) is 0 Å². The average Bonchev–Trinajstić information content (AvgIpc) is 2.95. The van der Waals surface area contributed by atoms with Gasteiger partial charge >= 0.3 is 0 Å². The first kappa shape index (κ1) is 14.7. The lowest BCUT2D eigenvalue weighted by Crippen LogP contribution is -2.49. The molecule has 0 atom stereocenters. The lowest BCUT2D eigenvalue weighted by Gasteiger charge is -2.40. The highest BCUT2D eigenvalue weighted by molar-refractivity contribution is 7.99. The van der Waals surface area contributed by atoms with Crippen LogP contribution in [-0.4, -0.2) is 37.8 Å². The van der Waals surface area contributed by atoms with Gasteiger partial charge in [-0.05, 0) is 24.3 Å². The molecule has 112 valence electrons. The third-order valence-electron chi connectivity index (χ3n) is 3.99. The summed E-state index contributed by atoms with van der Waals surface area (Å²) in [7, 11) is 0. The standard InChI is InChI=1S/C16H20N2O2S/c1-2-21-15-6-3-5-14(13(15)11-17)18-8-4-7-16(12-18)19-9-10-20-16/h3,5-6H,2,4,7-10,12H2,1H3. The summed E-state index contributed by atoms with van der Waals surface area (Å²) in [6.45, 7) is 5.11. The molecule has 1 aromatic rings. The highest BCUT2D eigenvalue weighted by Gasteiger charge is 2.41. The Hall–Kier alpha value is -1.22. The molecule has 0 aromatic heterocycles. The van der Waals surface area contributed by atoms with E-state index in [1.165, 1.54) is 0 Å². The van der Waals surface area contributed by atoms with Gasteiger partial charge in [-0.3, -0.25) is 0 Å². The van der Waals surface area contributed by atoms with E-state index in [9.17, 15) is 5.26 Å². The van der Waals surface area contributed by atoms with E-state index in [2.05, 4.69) is 17.9 Å². The largest absolute Gasteiger partial charge is 0.365 e. The van der Waals surface area contributed by atoms with Crippen LogP contribution in [0.15, 0.2) is 23.1 Å². The van der Waals surface area contributed by atoms with Crippen molar-refractivity contribution in [1.82, 2.24) is 0 Å². The fraction of sp³-hybridized carbons (Fsp3) is 0.562. The Labute approximate surface area is 130 Å². The molecule has 0 bridgehead atoms. The van der Waals surface area contributed by atoms with Gasteiger partial charge in [0.2, 0.25) is 0 Å². The van der Waals surface area contributed by atoms with E-state index in [1.54, 1.807) is 11.8 Å². The van der Waals surface area contributed by atoms with Crippen LogP contribution < -0.4 is 4.90 Å². The van der Waals surface area contributed by atoms with E-state index in [1.807, 2.05) is 18.2 Å². The van der Waals surface area contributed by atoms with Gasteiger partial charge in [-0.15, -0.1) is 11.8 Å². The van der Waals surface area contributed by atoms with Gasteiger partial charge in [-0.1, -0.05) is 13.0 Å². The van der Waals surface area contributed by atoms with Crippen LogP contribution in [0.3, 0.4) is 0 Å². The van der Waals surface area contributed by atoms with Crippen molar-refractivity contribution in [2.45, 2.75) is 30.4 Å². The number of piperidine rings is 1. The monoisotopic (exact) mass is 304 g/mol. The molecule has 2 fully saturated rings. The van der Waals surface area contributed by atoms with Gasteiger partial charge in [0, 0.05) is 17.9 Å². The summed E-state index contributed by atoms with van der Waals surface area (Å²) >= 11 is 1.72. The maximum Gasteiger partial charge on any atom is 0.186 e. The van der Waals surface area contributed by atoms with Crippen LogP contribution in [0.4, 0.5) is 5.69 Å². The zero-order chi connectivity index (χ0) is 14.7. The van der Waals surface area contributed by atoms with Crippen molar-refractivity contribution in [2.75, 3.05) is 37.0 Å². The van der Waals surface area contributed by atoms with Crippen molar-refractivity contribution >= 4 is 17.4 Å². The third kappa shape index (κ3) is 2.89. The maximum absolute atomic E-state index is 9.56. The van der Waals surface area contributed by atoms with Crippen LogP contribution in [0.1, 0.15) is 25.3 Å². The Morgan fingerprint density at radius 1 is 1.38 bits per heavy atom. The molecule has 0 radical (unpaired) electrons. The number of thioether (sulfide) groups is 1. The van der Waals surface area contributed by atoms with Crippen molar-refractivity contribution in [3.63, 3.8) is 0 Å². The lowest BCUT2D eigenvalue weighted by molar-refractivity contribution is -0.161. The molecule has 3 rings (SSSR count). The topological polar surface area (TPSA) is 45.5 Å². The van der Waals surface area contributed by atoms with Gasteiger partial charge in [-0.25, -0.2) is 0 Å². The fourth-order valence-electron chi connectivity index (χ4n) is 3.10. The maximum atomic E-state index is 9.56. The fourth-order valence-corrected chi connectivity index (χ4v) is 3.88. The number of nitrogens with zero attached hydrogens (tertiary/aromatic N) is 2. The summed E-state index contributed by atoms with van der Waals surface area (Å²) in [4.78, 5) is 3.30. The molecule has 1 spiro atoms. The summed E-state index contributed by atoms with van der Waals surface area (Å²) in [5, 5.41) is 9.56. The predicted molar refractivity (Wildman–Crippen MR) is 83.6 cm³/mol. The Morgan fingerprint density at radius 3 is 2.90 bits per heavy atom. The van der Waals surface area contributed by atoms with Gasteiger partial charge in [0.25, 0.3) is 0 Å². The average molecular weight is 304 g/mol. The van der Waals surface area contributed by atoms with Gasteiger partial charge in [0.1, 0.15) is 6.07 Å². The molecule has 0 aliphatic carbocycles. The summed E-state index contributed by atoms with van der Waals surface area (Å²) in [5.41, 5.74) is 1.79. The number of nitriles is 1. The third-order valence-corrected chi connectivity index (χ3v) is 4.93. The van der Waals surface area contributed by atoms with E-state index < -0.39 is 5.79 Å². The second kappa shape index (κ2) is 6.27. The zero-order valence-electron chi connectivity index (χ0n) is 12.3. The van der Waals surface area contributed by atoms with E-state index in [0.717, 1.165) is 41.3 Å². The minimum absolute atomic E-state index is 0.459. The van der Waals surface area contributed by atoms with Crippen molar-refractivity contribution < 1.29 is 9.47 Å². The van der Waals surface area contributed by atoms with E-state index >= 15 is 0 Å². The minimum atomic E-state index is -0.459. The van der Waals surface area contributed by atoms with Crippen molar-refractivity contribution in [2.24, 2.45) is 0 Å². The van der Waals surface area contributed by atoms with Gasteiger partial charge in [0.05, 0.1) is 31.0 Å². The first-order valence-electron chi connectivity index (χ1n) is 7.47. The number of hydrogen-bond acceptors (Lipinski definition) is 5. The number of hydrogen-bond donors (Lipinski definition) is 0. The molecule has 2 heterocycles. The van der Waals surface area contributed by atoms with Crippen molar-refractivity contribution in [1.29, 1.82) is 5.26 Å². The second-order valence-corrected chi connectivity index (χ2v) is 6.63. The molecule has 4 nitrogen and oxygen atoms in total. The van der Waals surface area contributed by atoms with Crippen LogP contribution in [-0.2, 0) is 9.47 Å². The summed E-state index contributed by atoms with van der Waals surface area (Å²) < 4.78 is 11.7. The Kier molecular flexibility index (Phi) is 4.39. The van der Waals surface area contributed by atoms with Crippen LogP contribution in [0, 0.1) is 11.3 Å². The molecule has 2 aliphatic rings. The van der Waals surface area contributed by atoms with Gasteiger partial charge in [-0.2, -0.15) is 5.26 Å². The molecular weight excluding hydrogens is 284 g/mol. The molecule has 21 heavy (non-hydrogen) atoms. The highest BCUT2D eigenvalue weighted by atomic mass is 32.2. The van der Waals surface area contributed by atoms with Gasteiger partial charge < -0.3 is 14.4 Å². The van der Waals surface area contributed by atoms with Crippen LogP contribution in [0.25, 0.3) is 0 Å². The van der Waals surface area contributed by atoms with Crippen LogP contribution >= 0.6 is 11.8 Å². The summed E-state index contributed by atoms with van der Waals surface area (Å²) in [6.07, 6.45) is 1.96. The number of ether oxygens (including phenoxy) is 2. The van der Waals surface area contributed by atoms with Crippen molar-refractivity contribution in [3.05, 3.63) is 23.8 Å². The number of rotatable bonds is 3. The first-order valence-corrected chi connectivity index (χ1v) is 8.45. The highest BCUT2D eigenvalue weighted by Crippen LogP contribution is 2.36. The minimum Gasteiger partial charge on any atom is -0.365 e. The summed E-state index contributed by atoms with van der Waals surface area (Å²) in [5.74, 6) is 0.507. The van der Waals surface area contributed by atoms with E-state index in [-0.39, 0.29) is 0 Å². The number of benzene rings is 1. The quantitative estimate of drug-likeness (QED) is 0.803. The molecule has 0 amide bonds. The molecule has 0 saturated carbocycles. The van der Waals surface area contributed by atoms with Crippen LogP contribution in [0.2, 0.25) is 0 Å². The predicted octanol–water partition coefficient (Wildman–Crippen LogP) is 3.01. The zero-order valence-corrected chi connectivity index (χ0v) is 13.1. The molecule has 0 N–H and O–H groups in total. The molecule has 0 unspecified atom stereocenters. The Bertz CT molecular complexity index is 550. The molecule has 2 saturated heterocycles. The Morgan fingerprint density at radius 2 is 2.19 bits per heavy atom. The van der Waals surface area contributed by atoms with E-state index in [4.69, 9.17) is 9.47 Å². The number of anilines is 1. The lowest BCUT2D eigenvalue weighted by atomic mass is 10.0. The SMILES string of the molecule is CCSc1cccc(N2CCCC3(C2)OCCO3)c1C#N. The molecule has 5 heteroatoms. The Balaban J connectivity index is 1.89. The molecule has 1 aromatic carbocycles. The first-order chi connectivity index (χ1) is 10.3. The smallest absolute Gasteiger partial charge is 0.186 e. The molecule has 2 aliphatic heterocycles. The van der Waals surface area contributed by atoms with Gasteiger partial charge in [0.15, 0.2) is 5.79 Å². The normalized spacial score (nSPS) is 20.7. The summed E-state index contributed by atoms with van der Waals surface area (Å²) in [6, 6.07) is 8.47.